The van der Waals surface area contributed by atoms with E-state index in [9.17, 15) is 0 Å². The third-order valence-corrected chi connectivity index (χ3v) is 1.84. The van der Waals surface area contributed by atoms with Crippen LogP contribution >= 0.6 is 0 Å². The van der Waals surface area contributed by atoms with Crippen LogP contribution in [-0.2, 0) is 9.47 Å². The first-order valence-corrected chi connectivity index (χ1v) is 4.75. The van der Waals surface area contributed by atoms with Gasteiger partial charge in [0.05, 0.1) is 5.60 Å². The van der Waals surface area contributed by atoms with Crippen LogP contribution in [0.4, 0.5) is 0 Å². The molecule has 0 atom stereocenters. The van der Waals surface area contributed by atoms with Crippen LogP contribution in [0.2, 0.25) is 0 Å². The molecule has 2 heteroatoms. The van der Waals surface area contributed by atoms with E-state index in [0.29, 0.717) is 0 Å². The van der Waals surface area contributed by atoms with E-state index in [0.717, 1.165) is 26.1 Å². The van der Waals surface area contributed by atoms with E-state index < -0.39 is 0 Å². The van der Waals surface area contributed by atoms with Gasteiger partial charge >= 0.3 is 0 Å². The maximum Gasteiger partial charge on any atom is 0.0626 e. The van der Waals surface area contributed by atoms with Crippen molar-refractivity contribution in [2.75, 3.05) is 20.3 Å². The van der Waals surface area contributed by atoms with E-state index in [1.54, 1.807) is 7.11 Å². The van der Waals surface area contributed by atoms with Crippen molar-refractivity contribution >= 4 is 0 Å². The Morgan fingerprint density at radius 2 is 1.83 bits per heavy atom. The minimum atomic E-state index is 0.0441. The zero-order valence-electron chi connectivity index (χ0n) is 8.85. The van der Waals surface area contributed by atoms with Crippen LogP contribution in [-0.4, -0.2) is 25.9 Å². The molecule has 0 saturated heterocycles. The quantitative estimate of drug-likeness (QED) is 0.552. The number of ether oxygens (including phenoxy) is 2. The zero-order chi connectivity index (χ0) is 9.45. The summed E-state index contributed by atoms with van der Waals surface area (Å²) >= 11 is 0. The first-order chi connectivity index (χ1) is 5.62. The summed E-state index contributed by atoms with van der Waals surface area (Å²) < 4.78 is 10.6. The fourth-order valence-corrected chi connectivity index (χ4v) is 1.23. The number of hydrogen-bond acceptors (Lipinski definition) is 2. The lowest BCUT2D eigenvalue weighted by molar-refractivity contribution is -0.0304. The highest BCUT2D eigenvalue weighted by Gasteiger charge is 2.15. The van der Waals surface area contributed by atoms with Gasteiger partial charge in [-0.05, 0) is 26.7 Å². The number of methoxy groups -OCH3 is 1. The number of rotatable bonds is 7. The molecule has 0 spiro atoms. The molecule has 0 saturated carbocycles. The highest BCUT2D eigenvalue weighted by molar-refractivity contribution is 4.66. The van der Waals surface area contributed by atoms with Crippen molar-refractivity contribution < 1.29 is 9.47 Å². The molecule has 0 aromatic rings. The molecule has 0 aliphatic rings. The van der Waals surface area contributed by atoms with E-state index in [1.807, 2.05) is 0 Å². The van der Waals surface area contributed by atoms with Crippen LogP contribution in [0.25, 0.3) is 0 Å². The van der Waals surface area contributed by atoms with Crippen molar-refractivity contribution in [3.8, 4) is 0 Å². The molecule has 0 amide bonds. The maximum atomic E-state index is 5.69. The predicted octanol–water partition coefficient (Wildman–Crippen LogP) is 2.62. The van der Waals surface area contributed by atoms with Gasteiger partial charge in [-0.15, -0.1) is 0 Å². The second-order valence-corrected chi connectivity index (χ2v) is 3.70. The molecule has 0 fully saturated rings. The van der Waals surface area contributed by atoms with Gasteiger partial charge in [-0.2, -0.15) is 0 Å². The average molecular weight is 174 g/mol. The summed E-state index contributed by atoms with van der Waals surface area (Å²) in [5.74, 6) is 0. The SMILES string of the molecule is CCCC(C)(C)OCCCOC. The Hall–Kier alpha value is -0.0800. The van der Waals surface area contributed by atoms with E-state index in [-0.39, 0.29) is 5.60 Å². The molecule has 0 aliphatic carbocycles. The minimum absolute atomic E-state index is 0.0441. The molecular formula is C10H22O2. The largest absolute Gasteiger partial charge is 0.385 e. The molecule has 0 aromatic carbocycles. The Bertz CT molecular complexity index is 100. The monoisotopic (exact) mass is 174 g/mol. The zero-order valence-corrected chi connectivity index (χ0v) is 8.85. The molecule has 2 nitrogen and oxygen atoms in total. The first kappa shape index (κ1) is 11.9. The molecular weight excluding hydrogens is 152 g/mol. The Balaban J connectivity index is 3.33. The summed E-state index contributed by atoms with van der Waals surface area (Å²) in [7, 11) is 1.72. The fraction of sp³-hybridized carbons (Fsp3) is 1.00. The van der Waals surface area contributed by atoms with Gasteiger partial charge in [0, 0.05) is 20.3 Å². The Morgan fingerprint density at radius 3 is 2.33 bits per heavy atom. The normalized spacial score (nSPS) is 12.0. The molecule has 0 aromatic heterocycles. The summed E-state index contributed by atoms with van der Waals surface area (Å²) in [6.45, 7) is 8.07. The van der Waals surface area contributed by atoms with Gasteiger partial charge in [0.2, 0.25) is 0 Å². The van der Waals surface area contributed by atoms with Gasteiger partial charge in [-0.1, -0.05) is 13.3 Å². The maximum absolute atomic E-state index is 5.69. The lowest BCUT2D eigenvalue weighted by Crippen LogP contribution is -2.24. The lowest BCUT2D eigenvalue weighted by Gasteiger charge is -2.24. The highest BCUT2D eigenvalue weighted by atomic mass is 16.5. The predicted molar refractivity (Wildman–Crippen MR) is 51.4 cm³/mol. The van der Waals surface area contributed by atoms with Crippen molar-refractivity contribution in [2.24, 2.45) is 0 Å². The van der Waals surface area contributed by atoms with Gasteiger partial charge in [0.1, 0.15) is 0 Å². The lowest BCUT2D eigenvalue weighted by atomic mass is 10.0. The topological polar surface area (TPSA) is 18.5 Å². The van der Waals surface area contributed by atoms with Crippen LogP contribution in [0.5, 0.6) is 0 Å². The number of hydrogen-bond donors (Lipinski definition) is 0. The van der Waals surface area contributed by atoms with Gasteiger partial charge in [0.15, 0.2) is 0 Å². The van der Waals surface area contributed by atoms with Gasteiger partial charge in [-0.3, -0.25) is 0 Å². The first-order valence-electron chi connectivity index (χ1n) is 4.75. The Labute approximate surface area is 76.3 Å². The summed E-state index contributed by atoms with van der Waals surface area (Å²) in [5.41, 5.74) is 0.0441. The smallest absolute Gasteiger partial charge is 0.0626 e. The standard InChI is InChI=1S/C10H22O2/c1-5-7-10(2,3)12-9-6-8-11-4/h5-9H2,1-4H3. The van der Waals surface area contributed by atoms with Crippen LogP contribution in [0, 0.1) is 0 Å². The van der Waals surface area contributed by atoms with Crippen LogP contribution in [0.1, 0.15) is 40.0 Å². The Kier molecular flexibility index (Phi) is 6.39. The van der Waals surface area contributed by atoms with Gasteiger partial charge in [-0.25, -0.2) is 0 Å². The summed E-state index contributed by atoms with van der Waals surface area (Å²) in [6, 6.07) is 0. The van der Waals surface area contributed by atoms with Crippen LogP contribution in [0.3, 0.4) is 0 Å². The van der Waals surface area contributed by atoms with Crippen molar-refractivity contribution in [2.45, 2.75) is 45.6 Å². The molecule has 74 valence electrons. The van der Waals surface area contributed by atoms with Crippen LogP contribution < -0.4 is 0 Å². The van der Waals surface area contributed by atoms with E-state index in [4.69, 9.17) is 9.47 Å². The summed E-state index contributed by atoms with van der Waals surface area (Å²) in [6.07, 6.45) is 3.29. The van der Waals surface area contributed by atoms with E-state index in [2.05, 4.69) is 20.8 Å². The van der Waals surface area contributed by atoms with E-state index in [1.165, 1.54) is 6.42 Å². The van der Waals surface area contributed by atoms with Crippen molar-refractivity contribution in [1.82, 2.24) is 0 Å². The molecule has 0 heterocycles. The molecule has 0 radical (unpaired) electrons. The van der Waals surface area contributed by atoms with Crippen LogP contribution in [0.15, 0.2) is 0 Å². The fourth-order valence-electron chi connectivity index (χ4n) is 1.23. The van der Waals surface area contributed by atoms with Gasteiger partial charge in [0.25, 0.3) is 0 Å². The highest BCUT2D eigenvalue weighted by Crippen LogP contribution is 2.16. The second-order valence-electron chi connectivity index (χ2n) is 3.70. The molecule has 0 unspecified atom stereocenters. The second kappa shape index (κ2) is 6.44. The van der Waals surface area contributed by atoms with Crippen molar-refractivity contribution in [3.05, 3.63) is 0 Å². The van der Waals surface area contributed by atoms with Crippen molar-refractivity contribution in [3.63, 3.8) is 0 Å². The molecule has 0 N–H and O–H groups in total. The Morgan fingerprint density at radius 1 is 1.17 bits per heavy atom. The molecule has 12 heavy (non-hydrogen) atoms. The molecule has 0 bridgehead atoms. The molecule has 0 aliphatic heterocycles. The van der Waals surface area contributed by atoms with Crippen molar-refractivity contribution in [1.29, 1.82) is 0 Å². The minimum Gasteiger partial charge on any atom is -0.385 e. The summed E-state index contributed by atoms with van der Waals surface area (Å²) in [5, 5.41) is 0. The third-order valence-electron chi connectivity index (χ3n) is 1.84. The van der Waals surface area contributed by atoms with Gasteiger partial charge < -0.3 is 9.47 Å². The summed E-state index contributed by atoms with van der Waals surface area (Å²) in [4.78, 5) is 0. The third kappa shape index (κ3) is 6.62. The average Bonchev–Trinajstić information content (AvgIpc) is 1.98. The molecule has 0 rings (SSSR count). The van der Waals surface area contributed by atoms with E-state index >= 15 is 0 Å².